The topological polar surface area (TPSA) is 49.5 Å². The van der Waals surface area contributed by atoms with E-state index in [1.54, 1.807) is 12.1 Å². The van der Waals surface area contributed by atoms with Crippen LogP contribution in [-0.2, 0) is 0 Å². The molecular formula is C18H16N2O. The molecule has 3 rings (SSSR count). The van der Waals surface area contributed by atoms with Gasteiger partial charge in [-0.1, -0.05) is 24.3 Å². The molecular weight excluding hydrogens is 260 g/mol. The molecule has 3 nitrogen and oxygen atoms in total. The Labute approximate surface area is 123 Å². The molecule has 3 heteroatoms. The fraction of sp³-hybridized carbons (Fsp3) is 0. The van der Waals surface area contributed by atoms with Crippen molar-refractivity contribution in [3.05, 3.63) is 78.9 Å². The monoisotopic (exact) mass is 276 g/mol. The average molecular weight is 276 g/mol. The summed E-state index contributed by atoms with van der Waals surface area (Å²) in [6.45, 7) is 0. The highest BCUT2D eigenvalue weighted by Crippen LogP contribution is 2.35. The third-order valence-electron chi connectivity index (χ3n) is 3.25. The van der Waals surface area contributed by atoms with Gasteiger partial charge in [-0.25, -0.2) is 0 Å². The third kappa shape index (κ3) is 2.82. The van der Waals surface area contributed by atoms with Crippen LogP contribution < -0.4 is 10.6 Å². The summed E-state index contributed by atoms with van der Waals surface area (Å²) in [5, 5.41) is 9.75. The van der Waals surface area contributed by atoms with E-state index in [0.717, 1.165) is 22.7 Å². The van der Waals surface area contributed by atoms with Crippen LogP contribution in [0.5, 0.6) is 5.75 Å². The zero-order valence-electron chi connectivity index (χ0n) is 11.5. The van der Waals surface area contributed by atoms with Gasteiger partial charge in [0.05, 0.1) is 0 Å². The number of nitrogens with zero attached hydrogens (tertiary/aromatic N) is 1. The van der Waals surface area contributed by atoms with Crippen molar-refractivity contribution >= 4 is 22.7 Å². The molecule has 0 saturated carbocycles. The highest BCUT2D eigenvalue weighted by Gasteiger charge is 2.12. The summed E-state index contributed by atoms with van der Waals surface area (Å²) in [5.41, 5.74) is 9.40. The zero-order chi connectivity index (χ0) is 14.7. The summed E-state index contributed by atoms with van der Waals surface area (Å²) in [6, 6.07) is 24.9. The van der Waals surface area contributed by atoms with Crippen LogP contribution in [0.4, 0.5) is 22.7 Å². The summed E-state index contributed by atoms with van der Waals surface area (Å²) < 4.78 is 0. The van der Waals surface area contributed by atoms with Gasteiger partial charge in [0.2, 0.25) is 0 Å². The normalized spacial score (nSPS) is 10.3. The number of hydrogen-bond donors (Lipinski definition) is 2. The van der Waals surface area contributed by atoms with E-state index in [1.165, 1.54) is 0 Å². The van der Waals surface area contributed by atoms with Crippen molar-refractivity contribution in [3.63, 3.8) is 0 Å². The first-order valence-corrected chi connectivity index (χ1v) is 6.74. The van der Waals surface area contributed by atoms with Gasteiger partial charge in [0.1, 0.15) is 5.75 Å². The molecule has 3 aromatic carbocycles. The summed E-state index contributed by atoms with van der Waals surface area (Å²) >= 11 is 0. The summed E-state index contributed by atoms with van der Waals surface area (Å²) in [6.07, 6.45) is 0. The van der Waals surface area contributed by atoms with Gasteiger partial charge in [-0.2, -0.15) is 0 Å². The number of anilines is 4. The van der Waals surface area contributed by atoms with Crippen molar-refractivity contribution in [1.82, 2.24) is 0 Å². The standard InChI is InChI=1S/C18H16N2O/c19-14-9-11-16(12-10-14)20(15-5-2-1-3-6-15)17-7-4-8-18(21)13-17/h1-13,21H,19H2. The number of para-hydroxylation sites is 1. The Hall–Kier alpha value is -2.94. The van der Waals surface area contributed by atoms with E-state index < -0.39 is 0 Å². The van der Waals surface area contributed by atoms with Crippen LogP contribution in [0, 0.1) is 0 Å². The number of hydrogen-bond acceptors (Lipinski definition) is 3. The second-order valence-electron chi connectivity index (χ2n) is 4.78. The van der Waals surface area contributed by atoms with E-state index in [-0.39, 0.29) is 5.75 Å². The van der Waals surface area contributed by atoms with Gasteiger partial charge in [-0.05, 0) is 48.5 Å². The Morgan fingerprint density at radius 1 is 0.667 bits per heavy atom. The number of benzene rings is 3. The van der Waals surface area contributed by atoms with E-state index in [0.29, 0.717) is 0 Å². The molecule has 0 bridgehead atoms. The Morgan fingerprint density at radius 2 is 1.29 bits per heavy atom. The number of nitrogens with two attached hydrogens (primary N) is 1. The van der Waals surface area contributed by atoms with Crippen molar-refractivity contribution in [1.29, 1.82) is 0 Å². The van der Waals surface area contributed by atoms with Crippen LogP contribution in [0.1, 0.15) is 0 Å². The predicted molar refractivity (Wildman–Crippen MR) is 87.2 cm³/mol. The maximum absolute atomic E-state index is 9.75. The van der Waals surface area contributed by atoms with Crippen LogP contribution in [0.3, 0.4) is 0 Å². The van der Waals surface area contributed by atoms with E-state index in [9.17, 15) is 5.11 Å². The van der Waals surface area contributed by atoms with Gasteiger partial charge < -0.3 is 15.7 Å². The molecule has 3 N–H and O–H groups in total. The highest BCUT2D eigenvalue weighted by molar-refractivity contribution is 5.77. The first-order chi connectivity index (χ1) is 10.2. The van der Waals surface area contributed by atoms with Gasteiger partial charge in [-0.3, -0.25) is 0 Å². The van der Waals surface area contributed by atoms with E-state index in [4.69, 9.17) is 5.73 Å². The molecule has 21 heavy (non-hydrogen) atoms. The van der Waals surface area contributed by atoms with Crippen LogP contribution in [0.25, 0.3) is 0 Å². The molecule has 0 aromatic heterocycles. The Kier molecular flexibility index (Phi) is 3.48. The van der Waals surface area contributed by atoms with Gasteiger partial charge in [0.25, 0.3) is 0 Å². The average Bonchev–Trinajstić information content (AvgIpc) is 2.51. The molecule has 0 aliphatic heterocycles. The highest BCUT2D eigenvalue weighted by atomic mass is 16.3. The Balaban J connectivity index is 2.13. The minimum absolute atomic E-state index is 0.240. The third-order valence-corrected chi connectivity index (χ3v) is 3.25. The fourth-order valence-electron chi connectivity index (χ4n) is 2.28. The second-order valence-corrected chi connectivity index (χ2v) is 4.78. The number of nitrogen functional groups attached to an aromatic ring is 1. The van der Waals surface area contributed by atoms with Gasteiger partial charge in [0, 0.05) is 28.8 Å². The summed E-state index contributed by atoms with van der Waals surface area (Å²) in [7, 11) is 0. The molecule has 104 valence electrons. The van der Waals surface area contributed by atoms with Gasteiger partial charge in [-0.15, -0.1) is 0 Å². The summed E-state index contributed by atoms with van der Waals surface area (Å²) in [5.74, 6) is 0.240. The Bertz CT molecular complexity index is 724. The Morgan fingerprint density at radius 3 is 1.95 bits per heavy atom. The lowest BCUT2D eigenvalue weighted by atomic mass is 10.2. The second kappa shape index (κ2) is 5.59. The molecule has 0 saturated heterocycles. The van der Waals surface area contributed by atoms with E-state index in [2.05, 4.69) is 4.90 Å². The quantitative estimate of drug-likeness (QED) is 0.695. The van der Waals surface area contributed by atoms with Gasteiger partial charge >= 0.3 is 0 Å². The zero-order valence-corrected chi connectivity index (χ0v) is 11.5. The number of phenols is 1. The van der Waals surface area contributed by atoms with Crippen molar-refractivity contribution in [2.45, 2.75) is 0 Å². The molecule has 0 heterocycles. The number of phenolic OH excluding ortho intramolecular Hbond substituents is 1. The molecule has 0 atom stereocenters. The minimum atomic E-state index is 0.240. The molecule has 0 radical (unpaired) electrons. The lowest BCUT2D eigenvalue weighted by molar-refractivity contribution is 0.475. The predicted octanol–water partition coefficient (Wildman–Crippen LogP) is 4.44. The molecule has 0 fully saturated rings. The maximum atomic E-state index is 9.75. The van der Waals surface area contributed by atoms with Crippen molar-refractivity contribution in [3.8, 4) is 5.75 Å². The van der Waals surface area contributed by atoms with Crippen LogP contribution in [0.15, 0.2) is 78.9 Å². The van der Waals surface area contributed by atoms with Crippen molar-refractivity contribution in [2.24, 2.45) is 0 Å². The van der Waals surface area contributed by atoms with Crippen molar-refractivity contribution < 1.29 is 5.11 Å². The molecule has 0 spiro atoms. The fourth-order valence-corrected chi connectivity index (χ4v) is 2.28. The van der Waals surface area contributed by atoms with E-state index in [1.807, 2.05) is 66.7 Å². The molecule has 0 aliphatic carbocycles. The first-order valence-electron chi connectivity index (χ1n) is 6.74. The van der Waals surface area contributed by atoms with E-state index >= 15 is 0 Å². The molecule has 0 unspecified atom stereocenters. The summed E-state index contributed by atoms with van der Waals surface area (Å²) in [4.78, 5) is 2.07. The largest absolute Gasteiger partial charge is 0.508 e. The van der Waals surface area contributed by atoms with Gasteiger partial charge in [0.15, 0.2) is 0 Å². The lowest BCUT2D eigenvalue weighted by Crippen LogP contribution is -2.09. The smallest absolute Gasteiger partial charge is 0.117 e. The SMILES string of the molecule is Nc1ccc(N(c2ccccc2)c2cccc(O)c2)cc1. The number of rotatable bonds is 3. The molecule has 3 aromatic rings. The number of aromatic hydroxyl groups is 1. The minimum Gasteiger partial charge on any atom is -0.508 e. The maximum Gasteiger partial charge on any atom is 0.117 e. The van der Waals surface area contributed by atoms with Crippen LogP contribution in [-0.4, -0.2) is 5.11 Å². The van der Waals surface area contributed by atoms with Crippen molar-refractivity contribution in [2.75, 3.05) is 10.6 Å². The first kappa shape index (κ1) is 13.1. The molecule has 0 amide bonds. The van der Waals surface area contributed by atoms with Crippen LogP contribution in [0.2, 0.25) is 0 Å². The lowest BCUT2D eigenvalue weighted by Gasteiger charge is -2.25. The molecule has 0 aliphatic rings. The van der Waals surface area contributed by atoms with Crippen LogP contribution >= 0.6 is 0 Å².